The van der Waals surface area contributed by atoms with Gasteiger partial charge in [0.25, 0.3) is 0 Å². The van der Waals surface area contributed by atoms with E-state index in [9.17, 15) is 4.39 Å². The maximum absolute atomic E-state index is 13.4. The molecule has 2 heterocycles. The molecule has 2 aliphatic heterocycles. The number of nitrogens with zero attached hydrogens (tertiary/aromatic N) is 1. The van der Waals surface area contributed by atoms with Crippen molar-refractivity contribution in [3.63, 3.8) is 0 Å². The lowest BCUT2D eigenvalue weighted by atomic mass is 10.0. The molecule has 0 saturated carbocycles. The van der Waals surface area contributed by atoms with Crippen LogP contribution in [0.15, 0.2) is 18.2 Å². The Kier molecular flexibility index (Phi) is 5.86. The molecule has 2 aliphatic rings. The van der Waals surface area contributed by atoms with Crippen LogP contribution in [0.3, 0.4) is 0 Å². The maximum atomic E-state index is 13.4. The van der Waals surface area contributed by atoms with Crippen LogP contribution in [0.25, 0.3) is 0 Å². The Bertz CT molecular complexity index is 505. The predicted molar refractivity (Wildman–Crippen MR) is 86.4 cm³/mol. The van der Waals surface area contributed by atoms with Gasteiger partial charge in [-0.2, -0.15) is 0 Å². The highest BCUT2D eigenvalue weighted by Crippen LogP contribution is 2.27. The number of rotatable bonds is 6. The van der Waals surface area contributed by atoms with E-state index in [0.717, 1.165) is 69.8 Å². The number of aryl methyl sites for hydroxylation is 1. The molecule has 2 saturated heterocycles. The van der Waals surface area contributed by atoms with Crippen molar-refractivity contribution in [2.24, 2.45) is 0 Å². The first-order valence-electron chi connectivity index (χ1n) is 8.52. The fourth-order valence-corrected chi connectivity index (χ4v) is 3.46. The maximum Gasteiger partial charge on any atom is 0.123 e. The number of methoxy groups -OCH3 is 1. The molecule has 1 aromatic rings. The lowest BCUT2D eigenvalue weighted by molar-refractivity contribution is -0.0127. The molecule has 2 fully saturated rings. The van der Waals surface area contributed by atoms with E-state index < -0.39 is 0 Å². The zero-order chi connectivity index (χ0) is 16.1. The van der Waals surface area contributed by atoms with Crippen molar-refractivity contribution >= 4 is 0 Å². The Morgan fingerprint density at radius 2 is 2.00 bits per heavy atom. The van der Waals surface area contributed by atoms with Gasteiger partial charge in [0.1, 0.15) is 11.6 Å². The molecule has 0 aliphatic carbocycles. The summed E-state index contributed by atoms with van der Waals surface area (Å²) in [6, 6.07) is 4.70. The van der Waals surface area contributed by atoms with Crippen LogP contribution in [0.2, 0.25) is 0 Å². The van der Waals surface area contributed by atoms with Gasteiger partial charge in [-0.15, -0.1) is 0 Å². The highest BCUT2D eigenvalue weighted by molar-refractivity contribution is 5.34. The van der Waals surface area contributed by atoms with Crippen molar-refractivity contribution in [2.45, 2.75) is 37.9 Å². The molecule has 0 aromatic heterocycles. The SMILES string of the molecule is COc1ccc(F)cc1CC[C@@H]1CC[C@@H](CN2CCOCC2)O1. The van der Waals surface area contributed by atoms with Gasteiger partial charge in [0.2, 0.25) is 0 Å². The van der Waals surface area contributed by atoms with Crippen LogP contribution in [0, 0.1) is 5.82 Å². The summed E-state index contributed by atoms with van der Waals surface area (Å²) in [6.45, 7) is 4.67. The van der Waals surface area contributed by atoms with Gasteiger partial charge in [-0.1, -0.05) is 0 Å². The molecule has 0 amide bonds. The topological polar surface area (TPSA) is 30.9 Å². The Labute approximate surface area is 137 Å². The molecule has 128 valence electrons. The van der Waals surface area contributed by atoms with Gasteiger partial charge in [-0.3, -0.25) is 4.90 Å². The second-order valence-electron chi connectivity index (χ2n) is 6.37. The molecule has 2 atom stereocenters. The standard InChI is InChI=1S/C18H26FNO3/c1-21-18-7-3-15(19)12-14(18)2-4-16-5-6-17(23-16)13-20-8-10-22-11-9-20/h3,7,12,16-17H,2,4-6,8-11,13H2,1H3/t16-,17+/m1/s1. The molecular formula is C18H26FNO3. The van der Waals surface area contributed by atoms with Gasteiger partial charge in [0.15, 0.2) is 0 Å². The van der Waals surface area contributed by atoms with Gasteiger partial charge < -0.3 is 14.2 Å². The van der Waals surface area contributed by atoms with Gasteiger partial charge in [-0.25, -0.2) is 4.39 Å². The summed E-state index contributed by atoms with van der Waals surface area (Å²) in [6.07, 6.45) is 4.51. The molecule has 0 N–H and O–H groups in total. The lowest BCUT2D eigenvalue weighted by Gasteiger charge is -2.28. The van der Waals surface area contributed by atoms with Crippen molar-refractivity contribution in [3.05, 3.63) is 29.6 Å². The average molecular weight is 323 g/mol. The number of benzene rings is 1. The van der Waals surface area contributed by atoms with Crippen molar-refractivity contribution in [1.82, 2.24) is 4.90 Å². The molecule has 0 radical (unpaired) electrons. The highest BCUT2D eigenvalue weighted by atomic mass is 19.1. The Hall–Kier alpha value is -1.17. The first-order valence-corrected chi connectivity index (χ1v) is 8.52. The fourth-order valence-electron chi connectivity index (χ4n) is 3.46. The number of ether oxygens (including phenoxy) is 3. The first-order chi connectivity index (χ1) is 11.2. The zero-order valence-electron chi connectivity index (χ0n) is 13.8. The molecule has 0 spiro atoms. The third kappa shape index (κ3) is 4.66. The van der Waals surface area contributed by atoms with E-state index in [1.165, 1.54) is 6.07 Å². The summed E-state index contributed by atoms with van der Waals surface area (Å²) in [4.78, 5) is 2.42. The van der Waals surface area contributed by atoms with E-state index in [-0.39, 0.29) is 11.9 Å². The summed E-state index contributed by atoms with van der Waals surface area (Å²) in [7, 11) is 1.63. The van der Waals surface area contributed by atoms with Crippen molar-refractivity contribution in [2.75, 3.05) is 40.0 Å². The van der Waals surface area contributed by atoms with Crippen LogP contribution >= 0.6 is 0 Å². The fraction of sp³-hybridized carbons (Fsp3) is 0.667. The monoisotopic (exact) mass is 323 g/mol. The van der Waals surface area contributed by atoms with Crippen LogP contribution in [0.5, 0.6) is 5.75 Å². The van der Waals surface area contributed by atoms with Crippen LogP contribution in [0.4, 0.5) is 4.39 Å². The number of morpholine rings is 1. The van der Waals surface area contributed by atoms with E-state index in [1.807, 2.05) is 0 Å². The van der Waals surface area contributed by atoms with E-state index >= 15 is 0 Å². The minimum Gasteiger partial charge on any atom is -0.496 e. The van der Waals surface area contributed by atoms with Gasteiger partial charge in [0.05, 0.1) is 32.5 Å². The molecule has 0 unspecified atom stereocenters. The summed E-state index contributed by atoms with van der Waals surface area (Å²) in [5.74, 6) is 0.549. The largest absolute Gasteiger partial charge is 0.496 e. The van der Waals surface area contributed by atoms with Crippen LogP contribution < -0.4 is 4.74 Å². The Morgan fingerprint density at radius 1 is 1.22 bits per heavy atom. The third-order valence-electron chi connectivity index (χ3n) is 4.74. The second-order valence-corrected chi connectivity index (χ2v) is 6.37. The first kappa shape index (κ1) is 16.7. The van der Waals surface area contributed by atoms with Gasteiger partial charge in [-0.05, 0) is 49.4 Å². The molecule has 1 aromatic carbocycles. The van der Waals surface area contributed by atoms with E-state index in [0.29, 0.717) is 6.10 Å². The minimum absolute atomic E-state index is 0.210. The molecule has 0 bridgehead atoms. The van der Waals surface area contributed by atoms with Crippen molar-refractivity contribution in [1.29, 1.82) is 0 Å². The molecule has 4 nitrogen and oxygen atoms in total. The molecule has 23 heavy (non-hydrogen) atoms. The quantitative estimate of drug-likeness (QED) is 0.805. The molecule has 3 rings (SSSR count). The van der Waals surface area contributed by atoms with E-state index in [1.54, 1.807) is 19.2 Å². The van der Waals surface area contributed by atoms with Gasteiger partial charge >= 0.3 is 0 Å². The second kappa shape index (κ2) is 8.08. The van der Waals surface area contributed by atoms with Crippen molar-refractivity contribution in [3.8, 4) is 5.75 Å². The summed E-state index contributed by atoms with van der Waals surface area (Å²) in [5, 5.41) is 0. The number of hydrogen-bond donors (Lipinski definition) is 0. The average Bonchev–Trinajstić information content (AvgIpc) is 3.01. The van der Waals surface area contributed by atoms with Crippen LogP contribution in [0.1, 0.15) is 24.8 Å². The van der Waals surface area contributed by atoms with Gasteiger partial charge in [0, 0.05) is 19.6 Å². The van der Waals surface area contributed by atoms with E-state index in [4.69, 9.17) is 14.2 Å². The van der Waals surface area contributed by atoms with Crippen molar-refractivity contribution < 1.29 is 18.6 Å². The molecule has 5 heteroatoms. The Morgan fingerprint density at radius 3 is 2.78 bits per heavy atom. The summed E-state index contributed by atoms with van der Waals surface area (Å²) < 4.78 is 30.3. The predicted octanol–water partition coefficient (Wildman–Crippen LogP) is 2.65. The summed E-state index contributed by atoms with van der Waals surface area (Å²) in [5.41, 5.74) is 0.924. The smallest absolute Gasteiger partial charge is 0.123 e. The van der Waals surface area contributed by atoms with E-state index in [2.05, 4.69) is 4.90 Å². The zero-order valence-corrected chi connectivity index (χ0v) is 13.8. The molecular weight excluding hydrogens is 297 g/mol. The summed E-state index contributed by atoms with van der Waals surface area (Å²) >= 11 is 0. The normalized spacial score (nSPS) is 25.7. The minimum atomic E-state index is -0.210. The third-order valence-corrected chi connectivity index (χ3v) is 4.74. The van der Waals surface area contributed by atoms with Crippen LogP contribution in [-0.4, -0.2) is 57.1 Å². The number of hydrogen-bond acceptors (Lipinski definition) is 4. The highest BCUT2D eigenvalue weighted by Gasteiger charge is 2.27. The van der Waals surface area contributed by atoms with Crippen LogP contribution in [-0.2, 0) is 15.9 Å². The lowest BCUT2D eigenvalue weighted by Crippen LogP contribution is -2.40. The Balaban J connectivity index is 1.45. The number of halogens is 1.